The zero-order valence-electron chi connectivity index (χ0n) is 71.7. The molecule has 17 nitrogen and oxygen atoms in total. The summed E-state index contributed by atoms with van der Waals surface area (Å²) >= 11 is 0. The van der Waals surface area contributed by atoms with Crippen LogP contribution in [0.3, 0.4) is 0 Å². The molecule has 0 aromatic rings. The van der Waals surface area contributed by atoms with Crippen LogP contribution in [0.25, 0.3) is 0 Å². The van der Waals surface area contributed by atoms with Crippen molar-refractivity contribution < 1.29 is 80.2 Å². The van der Waals surface area contributed by atoms with Gasteiger partial charge >= 0.3 is 39.5 Å². The van der Waals surface area contributed by atoms with E-state index in [0.717, 1.165) is 96.3 Å². The van der Waals surface area contributed by atoms with E-state index in [9.17, 15) is 43.2 Å². The van der Waals surface area contributed by atoms with E-state index in [-0.39, 0.29) is 25.7 Å². The highest BCUT2D eigenvalue weighted by molar-refractivity contribution is 7.47. The Bertz CT molecular complexity index is 2070. The van der Waals surface area contributed by atoms with E-state index in [4.69, 9.17) is 37.0 Å². The summed E-state index contributed by atoms with van der Waals surface area (Å²) in [6.45, 7) is 7.33. The Labute approximate surface area is 670 Å². The van der Waals surface area contributed by atoms with Gasteiger partial charge in [-0.25, -0.2) is 9.13 Å². The third-order valence-electron chi connectivity index (χ3n) is 21.3. The number of phosphoric ester groups is 2. The first-order valence-corrected chi connectivity index (χ1v) is 49.6. The predicted octanol–water partition coefficient (Wildman–Crippen LogP) is 27.9. The van der Waals surface area contributed by atoms with E-state index in [1.54, 1.807) is 0 Å². The van der Waals surface area contributed by atoms with Crippen molar-refractivity contribution in [1.82, 2.24) is 0 Å². The average Bonchev–Trinajstić information content (AvgIpc) is 0.899. The molecule has 0 aromatic carbocycles. The molecule has 2 unspecified atom stereocenters. The first-order chi connectivity index (χ1) is 53.0. The molecule has 0 aromatic heterocycles. The van der Waals surface area contributed by atoms with Crippen molar-refractivity contribution in [2.45, 2.75) is 509 Å². The quantitative estimate of drug-likeness (QED) is 0.0222. The Balaban J connectivity index is 5.21. The number of rotatable bonds is 90. The highest BCUT2D eigenvalue weighted by Crippen LogP contribution is 2.45. The molecule has 0 saturated carbocycles. The summed E-state index contributed by atoms with van der Waals surface area (Å²) in [4.78, 5) is 73.3. The Morgan fingerprint density at radius 2 is 0.422 bits per heavy atom. The molecule has 0 bridgehead atoms. The summed E-state index contributed by atoms with van der Waals surface area (Å²) < 4.78 is 69.0. The fraction of sp³-hybridized carbons (Fsp3) is 0.956. The van der Waals surface area contributed by atoms with Crippen LogP contribution in [0.4, 0.5) is 0 Å². The number of aliphatic hydroxyl groups excluding tert-OH is 1. The number of aliphatic hydroxyl groups is 1. The van der Waals surface area contributed by atoms with Gasteiger partial charge in [0.05, 0.1) is 26.4 Å². The third-order valence-corrected chi connectivity index (χ3v) is 23.2. The smallest absolute Gasteiger partial charge is 0.462 e. The number of carbonyl (C=O) groups excluding carboxylic acids is 4. The molecule has 0 saturated heterocycles. The van der Waals surface area contributed by atoms with Crippen molar-refractivity contribution in [2.24, 2.45) is 5.92 Å². The lowest BCUT2D eigenvalue weighted by molar-refractivity contribution is -0.161. The molecule has 19 heteroatoms. The number of phosphoric acid groups is 2. The monoisotopic (exact) mass is 1590 g/mol. The van der Waals surface area contributed by atoms with Gasteiger partial charge in [0.1, 0.15) is 19.3 Å². The number of ether oxygens (including phenoxy) is 4. The second-order valence-electron chi connectivity index (χ2n) is 32.8. The van der Waals surface area contributed by atoms with Gasteiger partial charge in [-0.05, 0) is 31.6 Å². The Morgan fingerprint density at radius 1 is 0.248 bits per heavy atom. The third kappa shape index (κ3) is 83.8. The van der Waals surface area contributed by atoms with Crippen LogP contribution in [0.5, 0.6) is 0 Å². The van der Waals surface area contributed by atoms with E-state index >= 15 is 0 Å². The van der Waals surface area contributed by atoms with Gasteiger partial charge < -0.3 is 33.8 Å². The van der Waals surface area contributed by atoms with Crippen molar-refractivity contribution in [3.63, 3.8) is 0 Å². The fourth-order valence-corrected chi connectivity index (χ4v) is 15.8. The molecule has 0 aliphatic heterocycles. The molecule has 0 aliphatic carbocycles. The number of hydrogen-bond acceptors (Lipinski definition) is 15. The second kappa shape index (κ2) is 82.6. The molecule has 0 amide bonds. The Kier molecular flexibility index (Phi) is 81.1. The van der Waals surface area contributed by atoms with Crippen molar-refractivity contribution in [3.8, 4) is 0 Å². The number of esters is 4. The van der Waals surface area contributed by atoms with E-state index < -0.39 is 97.5 Å². The first-order valence-electron chi connectivity index (χ1n) is 46.6. The van der Waals surface area contributed by atoms with E-state index in [1.807, 2.05) is 0 Å². The zero-order valence-corrected chi connectivity index (χ0v) is 73.5. The van der Waals surface area contributed by atoms with Crippen molar-refractivity contribution in [1.29, 1.82) is 0 Å². The average molecular weight is 1590 g/mol. The van der Waals surface area contributed by atoms with Crippen LogP contribution < -0.4 is 0 Å². The van der Waals surface area contributed by atoms with Gasteiger partial charge in [-0.2, -0.15) is 0 Å². The molecule has 0 rings (SSSR count). The highest BCUT2D eigenvalue weighted by atomic mass is 31.2. The minimum atomic E-state index is -4.97. The first kappa shape index (κ1) is 107. The van der Waals surface area contributed by atoms with Gasteiger partial charge in [0.2, 0.25) is 0 Å². The summed E-state index contributed by atoms with van der Waals surface area (Å²) in [7, 11) is -9.93. The van der Waals surface area contributed by atoms with Gasteiger partial charge in [-0.15, -0.1) is 0 Å². The van der Waals surface area contributed by atoms with Crippen LogP contribution in [-0.4, -0.2) is 96.7 Å². The topological polar surface area (TPSA) is 237 Å². The van der Waals surface area contributed by atoms with Crippen LogP contribution >= 0.6 is 15.6 Å². The van der Waals surface area contributed by atoms with Crippen LogP contribution in [0, 0.1) is 5.92 Å². The maximum Gasteiger partial charge on any atom is 0.472 e. The molecule has 0 heterocycles. The Morgan fingerprint density at radius 3 is 0.624 bits per heavy atom. The normalized spacial score (nSPS) is 13.7. The molecule has 0 radical (unpaired) electrons. The molecule has 109 heavy (non-hydrogen) atoms. The van der Waals surface area contributed by atoms with Crippen LogP contribution in [0.2, 0.25) is 0 Å². The van der Waals surface area contributed by atoms with Crippen LogP contribution in [-0.2, 0) is 65.4 Å². The zero-order chi connectivity index (χ0) is 79.7. The SMILES string of the molecule is CCCCCCCCCCCCCCCCCCCCCCCCC(=O)O[C@H](COC(=O)CCCCCCCCCCCCCCCCCCCCCC)COP(=O)(O)OC[C@@H](O)COP(=O)(O)OC[C@@H](COC(=O)CCCCCCCCCC(C)C)OC(=O)CCCCCCCCCCCCCCCCCCC. The van der Waals surface area contributed by atoms with Crippen LogP contribution in [0.15, 0.2) is 0 Å². The lowest BCUT2D eigenvalue weighted by atomic mass is 10.0. The number of unbranched alkanes of at least 4 members (excludes halogenated alkanes) is 62. The second-order valence-corrected chi connectivity index (χ2v) is 35.7. The van der Waals surface area contributed by atoms with E-state index in [0.29, 0.717) is 31.6 Å². The molecule has 0 spiro atoms. The van der Waals surface area contributed by atoms with E-state index in [2.05, 4.69) is 34.6 Å². The summed E-state index contributed by atoms with van der Waals surface area (Å²) in [6, 6.07) is 0. The molecule has 0 aliphatic rings. The summed E-state index contributed by atoms with van der Waals surface area (Å²) in [5.74, 6) is -1.39. The molecule has 648 valence electrons. The van der Waals surface area contributed by atoms with Gasteiger partial charge in [0.15, 0.2) is 12.2 Å². The summed E-state index contributed by atoms with van der Waals surface area (Å²) in [5, 5.41) is 10.7. The maximum absolute atomic E-state index is 13.2. The van der Waals surface area contributed by atoms with Gasteiger partial charge in [0, 0.05) is 25.7 Å². The molecular formula is C90H176O17P2. The van der Waals surface area contributed by atoms with Crippen molar-refractivity contribution >= 4 is 39.5 Å². The number of hydrogen-bond donors (Lipinski definition) is 3. The molecule has 3 N–H and O–H groups in total. The molecular weight excluding hydrogens is 1410 g/mol. The van der Waals surface area contributed by atoms with Gasteiger partial charge in [-0.3, -0.25) is 37.3 Å². The summed E-state index contributed by atoms with van der Waals surface area (Å²) in [6.07, 6.45) is 78.1. The standard InChI is InChI=1S/C90H176O17P2/c1-6-9-12-15-18-21-24-27-30-33-35-37-38-40-43-46-49-52-55-60-66-71-75-89(94)106-85(79-100-87(92)73-68-63-58-53-50-47-44-42-39-36-34-31-28-25-22-19-16-13-10-7-2)81-104-108(96,97)102-77-84(91)78-103-109(98,99)105-82-86(80-101-88(93)74-69-64-61-56-57-62-67-72-83(4)5)107-90(95)76-70-65-59-54-51-48-45-41-32-29-26-23-20-17-14-11-8-3/h83-86,91H,6-82H2,1-5H3,(H,96,97)(H,98,99)/t84-,85-,86-/m1/s1. The minimum absolute atomic E-state index is 0.108. The Hall–Kier alpha value is -1.94. The van der Waals surface area contributed by atoms with Crippen LogP contribution in [0.1, 0.15) is 490 Å². The lowest BCUT2D eigenvalue weighted by Gasteiger charge is -2.21. The minimum Gasteiger partial charge on any atom is -0.462 e. The van der Waals surface area contributed by atoms with Crippen molar-refractivity contribution in [3.05, 3.63) is 0 Å². The number of carbonyl (C=O) groups is 4. The largest absolute Gasteiger partial charge is 0.472 e. The molecule has 0 fully saturated rings. The lowest BCUT2D eigenvalue weighted by Crippen LogP contribution is -2.30. The van der Waals surface area contributed by atoms with Gasteiger partial charge in [-0.1, -0.05) is 439 Å². The van der Waals surface area contributed by atoms with E-state index in [1.165, 1.54) is 308 Å². The predicted molar refractivity (Wildman–Crippen MR) is 451 cm³/mol. The highest BCUT2D eigenvalue weighted by Gasteiger charge is 2.31. The maximum atomic E-state index is 13.2. The van der Waals surface area contributed by atoms with Gasteiger partial charge in [0.25, 0.3) is 0 Å². The van der Waals surface area contributed by atoms with Crippen molar-refractivity contribution in [2.75, 3.05) is 39.6 Å². The molecule has 5 atom stereocenters. The summed E-state index contributed by atoms with van der Waals surface area (Å²) in [5.41, 5.74) is 0. The fourth-order valence-electron chi connectivity index (χ4n) is 14.2.